The summed E-state index contributed by atoms with van der Waals surface area (Å²) in [6.45, 7) is 7.47. The van der Waals surface area contributed by atoms with Crippen molar-refractivity contribution in [2.75, 3.05) is 33.9 Å². The van der Waals surface area contributed by atoms with E-state index in [2.05, 4.69) is 42.3 Å². The molecule has 2 aromatic rings. The summed E-state index contributed by atoms with van der Waals surface area (Å²) in [4.78, 5) is 27.6. The summed E-state index contributed by atoms with van der Waals surface area (Å²) in [5, 5.41) is 2.91. The highest BCUT2D eigenvalue weighted by Crippen LogP contribution is 2.21. The van der Waals surface area contributed by atoms with Crippen LogP contribution in [0.2, 0.25) is 0 Å². The molecule has 0 aliphatic carbocycles. The molecule has 1 heterocycles. The van der Waals surface area contributed by atoms with E-state index in [9.17, 15) is 9.59 Å². The second-order valence-corrected chi connectivity index (χ2v) is 9.71. The molecular weight excluding hydrogens is 440 g/mol. The molecule has 1 amide bonds. The van der Waals surface area contributed by atoms with E-state index in [0.29, 0.717) is 18.8 Å². The molecule has 1 aliphatic rings. The Kier molecular flexibility index (Phi) is 10.2. The van der Waals surface area contributed by atoms with Crippen LogP contribution in [0, 0.1) is 19.8 Å². The van der Waals surface area contributed by atoms with Gasteiger partial charge in [0.2, 0.25) is 5.91 Å². The fourth-order valence-corrected chi connectivity index (χ4v) is 4.77. The van der Waals surface area contributed by atoms with Gasteiger partial charge < -0.3 is 19.7 Å². The van der Waals surface area contributed by atoms with Gasteiger partial charge >= 0.3 is 5.97 Å². The average Bonchev–Trinajstić information content (AvgIpc) is 2.86. The quantitative estimate of drug-likeness (QED) is 0.487. The van der Waals surface area contributed by atoms with E-state index in [1.807, 2.05) is 24.3 Å². The third-order valence-corrected chi connectivity index (χ3v) is 7.09. The van der Waals surface area contributed by atoms with Crippen molar-refractivity contribution in [2.24, 2.45) is 5.92 Å². The Morgan fingerprint density at radius 3 is 2.49 bits per heavy atom. The lowest BCUT2D eigenvalue weighted by molar-refractivity contribution is -0.145. The van der Waals surface area contributed by atoms with E-state index in [4.69, 9.17) is 9.47 Å². The summed E-state index contributed by atoms with van der Waals surface area (Å²) in [5.41, 5.74) is 5.03. The molecule has 35 heavy (non-hydrogen) atoms. The maximum atomic E-state index is 12.8. The van der Waals surface area contributed by atoms with Crippen LogP contribution >= 0.6 is 0 Å². The van der Waals surface area contributed by atoms with Crippen molar-refractivity contribution in [1.82, 2.24) is 10.2 Å². The lowest BCUT2D eigenvalue weighted by atomic mass is 9.92. The van der Waals surface area contributed by atoms with Gasteiger partial charge in [-0.2, -0.15) is 0 Å². The van der Waals surface area contributed by atoms with Crippen LogP contribution in [0.25, 0.3) is 0 Å². The van der Waals surface area contributed by atoms with Crippen LogP contribution in [0.5, 0.6) is 5.75 Å². The zero-order valence-electron chi connectivity index (χ0n) is 21.6. The molecule has 6 heteroatoms. The number of benzene rings is 2. The maximum Gasteiger partial charge on any atom is 0.328 e. The third kappa shape index (κ3) is 8.39. The van der Waals surface area contributed by atoms with Crippen molar-refractivity contribution in [2.45, 2.75) is 58.4 Å². The summed E-state index contributed by atoms with van der Waals surface area (Å²) in [6.07, 6.45) is 5.09. The first-order chi connectivity index (χ1) is 16.9. The maximum absolute atomic E-state index is 12.8. The van der Waals surface area contributed by atoms with Gasteiger partial charge in [-0.3, -0.25) is 4.79 Å². The van der Waals surface area contributed by atoms with Gasteiger partial charge in [0.05, 0.1) is 14.2 Å². The van der Waals surface area contributed by atoms with Crippen molar-refractivity contribution in [3.8, 4) is 5.75 Å². The zero-order chi connectivity index (χ0) is 25.2. The number of methoxy groups -OCH3 is 2. The number of hydrogen-bond donors (Lipinski definition) is 1. The Hall–Kier alpha value is -2.86. The first kappa shape index (κ1) is 26.7. The smallest absolute Gasteiger partial charge is 0.328 e. The predicted molar refractivity (Wildman–Crippen MR) is 139 cm³/mol. The molecule has 0 spiro atoms. The van der Waals surface area contributed by atoms with Crippen LogP contribution in [-0.4, -0.2) is 56.7 Å². The molecule has 190 valence electrons. The monoisotopic (exact) mass is 480 g/mol. The third-order valence-electron chi connectivity index (χ3n) is 7.09. The molecule has 1 N–H and O–H groups in total. The van der Waals surface area contributed by atoms with E-state index in [1.54, 1.807) is 7.11 Å². The fraction of sp³-hybridized carbons (Fsp3) is 0.517. The van der Waals surface area contributed by atoms with Crippen LogP contribution in [0.15, 0.2) is 42.5 Å². The Labute approximate surface area is 210 Å². The standard InChI is InChI=1S/C29H40N2O4/c1-21-10-11-23(17-22(21)2)8-6-14-31-15-12-24(13-16-31)20-28(32)30-27(29(33)35-4)19-25-7-5-9-26(18-25)34-3/h5,7,9-11,17-18,24,27H,6,8,12-16,19-20H2,1-4H3,(H,30,32)/t27-/m0/s1. The van der Waals surface area contributed by atoms with Crippen LogP contribution in [0.3, 0.4) is 0 Å². The number of carbonyl (C=O) groups is 2. The highest BCUT2D eigenvalue weighted by Gasteiger charge is 2.26. The number of amides is 1. The van der Waals surface area contributed by atoms with Gasteiger partial charge in [-0.05, 0) is 99.5 Å². The van der Waals surface area contributed by atoms with E-state index < -0.39 is 12.0 Å². The molecule has 0 saturated carbocycles. The Balaban J connectivity index is 1.41. The molecule has 0 aromatic heterocycles. The minimum absolute atomic E-state index is 0.0866. The highest BCUT2D eigenvalue weighted by molar-refractivity contribution is 5.84. The fourth-order valence-electron chi connectivity index (χ4n) is 4.77. The Bertz CT molecular complexity index is 982. The Morgan fingerprint density at radius 2 is 1.80 bits per heavy atom. The molecule has 1 aliphatic heterocycles. The van der Waals surface area contributed by atoms with Gasteiger partial charge in [0.15, 0.2) is 0 Å². The van der Waals surface area contributed by atoms with Gasteiger partial charge in [0.25, 0.3) is 0 Å². The van der Waals surface area contributed by atoms with Gasteiger partial charge in [0.1, 0.15) is 11.8 Å². The van der Waals surface area contributed by atoms with Crippen LogP contribution in [-0.2, 0) is 27.2 Å². The highest BCUT2D eigenvalue weighted by atomic mass is 16.5. The second kappa shape index (κ2) is 13.3. The second-order valence-electron chi connectivity index (χ2n) is 9.71. The number of aryl methyl sites for hydroxylation is 3. The van der Waals surface area contributed by atoms with Crippen LogP contribution in [0.4, 0.5) is 0 Å². The number of nitrogens with one attached hydrogen (secondary N) is 1. The molecule has 6 nitrogen and oxygen atoms in total. The SMILES string of the molecule is COC(=O)[C@H](Cc1cccc(OC)c1)NC(=O)CC1CCN(CCCc2ccc(C)c(C)c2)CC1. The van der Waals surface area contributed by atoms with E-state index in [1.165, 1.54) is 23.8 Å². The number of hydrogen-bond acceptors (Lipinski definition) is 5. The summed E-state index contributed by atoms with van der Waals surface area (Å²) in [7, 11) is 2.96. The predicted octanol–water partition coefficient (Wildman–Crippen LogP) is 4.25. The number of esters is 1. The van der Waals surface area contributed by atoms with E-state index in [-0.39, 0.29) is 5.91 Å². The summed E-state index contributed by atoms with van der Waals surface area (Å²) in [6, 6.07) is 13.6. The van der Waals surface area contributed by atoms with E-state index >= 15 is 0 Å². The molecule has 3 rings (SSSR count). The first-order valence-corrected chi connectivity index (χ1v) is 12.7. The summed E-state index contributed by atoms with van der Waals surface area (Å²) >= 11 is 0. The molecule has 1 saturated heterocycles. The largest absolute Gasteiger partial charge is 0.497 e. The minimum Gasteiger partial charge on any atom is -0.497 e. The van der Waals surface area contributed by atoms with Gasteiger partial charge in [-0.15, -0.1) is 0 Å². The van der Waals surface area contributed by atoms with Crippen LogP contribution < -0.4 is 10.1 Å². The number of carbonyl (C=O) groups excluding carboxylic acids is 2. The number of ether oxygens (including phenoxy) is 2. The van der Waals surface area contributed by atoms with Crippen molar-refractivity contribution >= 4 is 11.9 Å². The first-order valence-electron chi connectivity index (χ1n) is 12.7. The number of nitrogens with zero attached hydrogens (tertiary/aromatic N) is 1. The zero-order valence-corrected chi connectivity index (χ0v) is 21.6. The van der Waals surface area contributed by atoms with Crippen molar-refractivity contribution in [3.05, 3.63) is 64.7 Å². The molecule has 1 fully saturated rings. The summed E-state index contributed by atoms with van der Waals surface area (Å²) in [5.74, 6) is 0.551. The van der Waals surface area contributed by atoms with Gasteiger partial charge in [0, 0.05) is 12.8 Å². The molecule has 1 atom stereocenters. The molecule has 0 bridgehead atoms. The number of rotatable bonds is 11. The summed E-state index contributed by atoms with van der Waals surface area (Å²) < 4.78 is 10.2. The molecule has 0 radical (unpaired) electrons. The van der Waals surface area contributed by atoms with Crippen molar-refractivity contribution < 1.29 is 19.1 Å². The molecule has 2 aromatic carbocycles. The number of piperidine rings is 1. The normalized spacial score (nSPS) is 15.4. The Morgan fingerprint density at radius 1 is 1.03 bits per heavy atom. The van der Waals surface area contributed by atoms with Crippen molar-refractivity contribution in [3.63, 3.8) is 0 Å². The van der Waals surface area contributed by atoms with E-state index in [0.717, 1.165) is 56.6 Å². The minimum atomic E-state index is -0.704. The molecular formula is C29H40N2O4. The van der Waals surface area contributed by atoms with Gasteiger partial charge in [-0.1, -0.05) is 30.3 Å². The van der Waals surface area contributed by atoms with Crippen LogP contribution in [0.1, 0.15) is 47.9 Å². The lowest BCUT2D eigenvalue weighted by Crippen LogP contribution is -2.44. The average molecular weight is 481 g/mol. The molecule has 0 unspecified atom stereocenters. The number of likely N-dealkylation sites (tertiary alicyclic amines) is 1. The lowest BCUT2D eigenvalue weighted by Gasteiger charge is -2.32. The van der Waals surface area contributed by atoms with Gasteiger partial charge in [-0.25, -0.2) is 4.79 Å². The van der Waals surface area contributed by atoms with Crippen molar-refractivity contribution in [1.29, 1.82) is 0 Å². The topological polar surface area (TPSA) is 67.9 Å².